The molecule has 168 valence electrons. The zero-order valence-corrected chi connectivity index (χ0v) is 18.9. The third-order valence-corrected chi connectivity index (χ3v) is 8.73. The largest absolute Gasteiger partial charge is 0.370 e. The average molecular weight is 432 g/mol. The molecule has 2 aliphatic heterocycles. The Labute approximate surface area is 190 Å². The number of nitrogens with zero attached hydrogens (tertiary/aromatic N) is 1. The molecule has 3 atom stereocenters. The average Bonchev–Trinajstić information content (AvgIpc) is 3.30. The van der Waals surface area contributed by atoms with Crippen molar-refractivity contribution in [3.8, 4) is 0 Å². The Kier molecular flexibility index (Phi) is 5.09. The van der Waals surface area contributed by atoms with Crippen LogP contribution in [0.3, 0.4) is 0 Å². The van der Waals surface area contributed by atoms with Crippen molar-refractivity contribution in [3.63, 3.8) is 0 Å². The maximum absolute atomic E-state index is 13.8. The van der Waals surface area contributed by atoms with Gasteiger partial charge in [0.05, 0.1) is 29.7 Å². The first kappa shape index (κ1) is 20.4. The summed E-state index contributed by atoms with van der Waals surface area (Å²) >= 11 is 0. The van der Waals surface area contributed by atoms with Gasteiger partial charge in [-0.2, -0.15) is 0 Å². The highest BCUT2D eigenvalue weighted by atomic mass is 16.5. The molecule has 4 fully saturated rings. The number of benzene rings is 1. The molecule has 4 heteroatoms. The van der Waals surface area contributed by atoms with Crippen molar-refractivity contribution in [3.05, 3.63) is 53.1 Å². The molecule has 4 nitrogen and oxygen atoms in total. The smallest absolute Gasteiger partial charge is 0.238 e. The number of amides is 2. The fourth-order valence-electron chi connectivity index (χ4n) is 7.25. The zero-order chi connectivity index (χ0) is 21.7. The summed E-state index contributed by atoms with van der Waals surface area (Å²) in [6.07, 6.45) is 14.9. The van der Waals surface area contributed by atoms with Gasteiger partial charge in [-0.3, -0.25) is 14.5 Å². The van der Waals surface area contributed by atoms with E-state index in [1.54, 1.807) is 0 Å². The molecule has 2 amide bonds. The normalized spacial score (nSPS) is 31.8. The van der Waals surface area contributed by atoms with E-state index in [1.165, 1.54) is 60.1 Å². The second-order valence-electron chi connectivity index (χ2n) is 10.5. The van der Waals surface area contributed by atoms with Crippen LogP contribution in [-0.2, 0) is 14.3 Å². The summed E-state index contributed by atoms with van der Waals surface area (Å²) in [6.45, 7) is 0.639. The van der Waals surface area contributed by atoms with Crippen molar-refractivity contribution in [2.45, 2.75) is 76.2 Å². The number of para-hydroxylation sites is 1. The molecule has 6 rings (SSSR count). The quantitative estimate of drug-likeness (QED) is 0.562. The highest BCUT2D eigenvalue weighted by Gasteiger charge is 2.62. The number of rotatable bonds is 2. The Balaban J connectivity index is 1.44. The predicted molar refractivity (Wildman–Crippen MR) is 124 cm³/mol. The zero-order valence-electron chi connectivity index (χ0n) is 18.9. The van der Waals surface area contributed by atoms with Crippen LogP contribution in [0.25, 0.3) is 0 Å². The Morgan fingerprint density at radius 1 is 0.906 bits per heavy atom. The predicted octanol–water partition coefficient (Wildman–Crippen LogP) is 5.73. The molecule has 1 spiro atoms. The lowest BCUT2D eigenvalue weighted by molar-refractivity contribution is -0.127. The first-order chi connectivity index (χ1) is 15.7. The summed E-state index contributed by atoms with van der Waals surface area (Å²) in [5.74, 6) is -0.488. The van der Waals surface area contributed by atoms with Gasteiger partial charge in [0.15, 0.2) is 0 Å². The van der Waals surface area contributed by atoms with E-state index in [4.69, 9.17) is 4.74 Å². The Morgan fingerprint density at radius 3 is 2.38 bits per heavy atom. The lowest BCUT2D eigenvalue weighted by Gasteiger charge is -2.42. The summed E-state index contributed by atoms with van der Waals surface area (Å²) in [6, 6.07) is 9.50. The van der Waals surface area contributed by atoms with Crippen LogP contribution in [0.15, 0.2) is 53.1 Å². The van der Waals surface area contributed by atoms with E-state index in [2.05, 4.69) is 6.08 Å². The van der Waals surface area contributed by atoms with Crippen LogP contribution in [0.1, 0.15) is 70.6 Å². The second-order valence-corrected chi connectivity index (χ2v) is 10.5. The molecule has 1 aromatic rings. The van der Waals surface area contributed by atoms with E-state index in [9.17, 15) is 9.59 Å². The number of carbonyl (C=O) groups is 2. The van der Waals surface area contributed by atoms with Gasteiger partial charge < -0.3 is 4.74 Å². The van der Waals surface area contributed by atoms with Crippen LogP contribution in [0.2, 0.25) is 0 Å². The number of anilines is 1. The molecule has 2 heterocycles. The molecule has 1 aromatic carbocycles. The third kappa shape index (κ3) is 3.14. The monoisotopic (exact) mass is 431 g/mol. The lowest BCUT2D eigenvalue weighted by atomic mass is 9.61. The first-order valence-electron chi connectivity index (χ1n) is 12.7. The molecular weight excluding hydrogens is 398 g/mol. The van der Waals surface area contributed by atoms with Gasteiger partial charge in [-0.1, -0.05) is 55.5 Å². The molecule has 0 bridgehead atoms. The standard InChI is InChI=1S/C28H33NO3/c30-26-22-17-20(16-19-10-4-1-5-11-19)23-18-32-28(14-8-3-9-15-28)25(23)24(22)27(31)29(26)21-12-6-2-7-13-21/h2,6-7,12-13,16,22,24-25H,1,3-5,8-11,14-15,17-18H2/t22-,24-,25+/m1/s1. The first-order valence-corrected chi connectivity index (χ1v) is 12.7. The highest BCUT2D eigenvalue weighted by Crippen LogP contribution is 2.57. The van der Waals surface area contributed by atoms with Crippen molar-refractivity contribution >= 4 is 17.5 Å². The van der Waals surface area contributed by atoms with E-state index < -0.39 is 0 Å². The van der Waals surface area contributed by atoms with Gasteiger partial charge in [0, 0.05) is 5.92 Å². The number of carbonyl (C=O) groups excluding carboxylic acids is 2. The van der Waals surface area contributed by atoms with Crippen LogP contribution in [0.4, 0.5) is 5.69 Å². The number of imide groups is 1. The van der Waals surface area contributed by atoms with Gasteiger partial charge in [0.1, 0.15) is 0 Å². The second kappa shape index (κ2) is 7.98. The van der Waals surface area contributed by atoms with Crippen LogP contribution < -0.4 is 4.90 Å². The third-order valence-electron chi connectivity index (χ3n) is 8.73. The summed E-state index contributed by atoms with van der Waals surface area (Å²) in [5, 5.41) is 0. The molecule has 5 aliphatic rings. The summed E-state index contributed by atoms with van der Waals surface area (Å²) in [5.41, 5.74) is 4.63. The Morgan fingerprint density at radius 2 is 1.62 bits per heavy atom. The van der Waals surface area contributed by atoms with Gasteiger partial charge in [0.2, 0.25) is 11.8 Å². The van der Waals surface area contributed by atoms with Gasteiger partial charge in [-0.15, -0.1) is 0 Å². The van der Waals surface area contributed by atoms with Gasteiger partial charge >= 0.3 is 0 Å². The number of allylic oxidation sites excluding steroid dienone is 3. The van der Waals surface area contributed by atoms with Crippen molar-refractivity contribution < 1.29 is 14.3 Å². The number of hydrogen-bond acceptors (Lipinski definition) is 3. The van der Waals surface area contributed by atoms with Crippen LogP contribution >= 0.6 is 0 Å². The lowest BCUT2D eigenvalue weighted by Crippen LogP contribution is -2.46. The van der Waals surface area contributed by atoms with Crippen molar-refractivity contribution in [2.75, 3.05) is 11.5 Å². The van der Waals surface area contributed by atoms with Crippen molar-refractivity contribution in [2.24, 2.45) is 17.8 Å². The van der Waals surface area contributed by atoms with Gasteiger partial charge in [-0.25, -0.2) is 0 Å². The fourth-order valence-corrected chi connectivity index (χ4v) is 7.25. The molecule has 3 aliphatic carbocycles. The van der Waals surface area contributed by atoms with E-state index in [-0.39, 0.29) is 35.2 Å². The summed E-state index contributed by atoms with van der Waals surface area (Å²) in [4.78, 5) is 29.0. The minimum absolute atomic E-state index is 0.00600. The van der Waals surface area contributed by atoms with Crippen molar-refractivity contribution in [1.29, 1.82) is 0 Å². The van der Waals surface area contributed by atoms with E-state index in [0.29, 0.717) is 18.7 Å². The van der Waals surface area contributed by atoms with Crippen molar-refractivity contribution in [1.82, 2.24) is 0 Å². The number of fused-ring (bicyclic) bond motifs is 4. The molecule has 0 radical (unpaired) electrons. The molecule has 0 N–H and O–H groups in total. The van der Waals surface area contributed by atoms with E-state index >= 15 is 0 Å². The molecule has 0 unspecified atom stereocenters. The van der Waals surface area contributed by atoms with E-state index in [1.807, 2.05) is 30.3 Å². The Hall–Kier alpha value is -2.20. The minimum atomic E-state index is -0.271. The molecule has 32 heavy (non-hydrogen) atoms. The molecule has 0 aromatic heterocycles. The SMILES string of the molecule is O=C1[C@@H]2[C@@H](CC(C=C3CCCCC3)=C3COC4(CCCCC4)[C@@H]32)C(=O)N1c1ccccc1. The van der Waals surface area contributed by atoms with Crippen LogP contribution in [-0.4, -0.2) is 24.0 Å². The van der Waals surface area contributed by atoms with Crippen LogP contribution in [0, 0.1) is 17.8 Å². The van der Waals surface area contributed by atoms with Gasteiger partial charge in [-0.05, 0) is 68.2 Å². The molecule has 2 saturated carbocycles. The summed E-state index contributed by atoms with van der Waals surface area (Å²) < 4.78 is 6.61. The topological polar surface area (TPSA) is 46.6 Å². The molecule has 2 saturated heterocycles. The number of hydrogen-bond donors (Lipinski definition) is 0. The Bertz CT molecular complexity index is 977. The van der Waals surface area contributed by atoms with Crippen LogP contribution in [0.5, 0.6) is 0 Å². The maximum Gasteiger partial charge on any atom is 0.238 e. The summed E-state index contributed by atoms with van der Waals surface area (Å²) in [7, 11) is 0. The fraction of sp³-hybridized carbons (Fsp3) is 0.571. The van der Waals surface area contributed by atoms with Gasteiger partial charge in [0.25, 0.3) is 0 Å². The highest BCUT2D eigenvalue weighted by molar-refractivity contribution is 6.22. The van der Waals surface area contributed by atoms with E-state index in [0.717, 1.165) is 25.7 Å². The number of ether oxygens (including phenoxy) is 1. The minimum Gasteiger partial charge on any atom is -0.370 e. The molecular formula is C28H33NO3. The maximum atomic E-state index is 13.8.